The van der Waals surface area contributed by atoms with Gasteiger partial charge in [0.05, 0.1) is 0 Å². The van der Waals surface area contributed by atoms with E-state index in [0.29, 0.717) is 23.5 Å². The number of rotatable bonds is 15. The van der Waals surface area contributed by atoms with Crippen LogP contribution in [0, 0.1) is 0 Å². The zero-order chi connectivity index (χ0) is 65.5. The largest absolute Gasteiger partial charge is 0.474 e. The minimum absolute atomic E-state index is 0. The third-order valence-electron chi connectivity index (χ3n) is 15.7. The van der Waals surface area contributed by atoms with E-state index in [-0.39, 0.29) is 20.4 Å². The van der Waals surface area contributed by atoms with Gasteiger partial charge in [-0.15, -0.1) is 0 Å². The molecule has 1 fully saturated rings. The Labute approximate surface area is 592 Å². The van der Waals surface area contributed by atoms with Crippen molar-refractivity contribution in [3.05, 3.63) is 395 Å². The Kier molecular flexibility index (Phi) is 28.5. The van der Waals surface area contributed by atoms with E-state index >= 15 is 0 Å². The fourth-order valence-electron chi connectivity index (χ4n) is 11.2. The van der Waals surface area contributed by atoms with Gasteiger partial charge in [0.1, 0.15) is 17.6 Å². The van der Waals surface area contributed by atoms with Gasteiger partial charge >= 0.3 is 0 Å². The molecular formula is C87H78N4OP4Pd. The van der Waals surface area contributed by atoms with E-state index in [1.165, 1.54) is 82.9 Å². The molecule has 0 amide bonds. The van der Waals surface area contributed by atoms with E-state index in [1.807, 2.05) is 12.1 Å². The third kappa shape index (κ3) is 21.2. The van der Waals surface area contributed by atoms with Crippen molar-refractivity contribution in [1.82, 2.24) is 15.0 Å². The van der Waals surface area contributed by atoms with Crippen LogP contribution in [0.1, 0.15) is 32.1 Å². The second-order valence-corrected chi connectivity index (χ2v) is 31.3. The molecule has 0 saturated heterocycles. The van der Waals surface area contributed by atoms with Crippen molar-refractivity contribution in [1.29, 1.82) is 0 Å². The van der Waals surface area contributed by atoms with E-state index in [4.69, 9.17) is 10.5 Å². The van der Waals surface area contributed by atoms with Crippen LogP contribution >= 0.6 is 31.7 Å². The van der Waals surface area contributed by atoms with E-state index < -0.39 is 31.7 Å². The number of hydrogen-bond acceptors (Lipinski definition) is 5. The van der Waals surface area contributed by atoms with Crippen molar-refractivity contribution in [2.45, 2.75) is 38.2 Å². The minimum Gasteiger partial charge on any atom is -0.474 e. The van der Waals surface area contributed by atoms with Crippen LogP contribution in [-0.4, -0.2) is 21.1 Å². The van der Waals surface area contributed by atoms with Crippen LogP contribution in [0.25, 0.3) is 11.3 Å². The predicted molar refractivity (Wildman–Crippen MR) is 418 cm³/mol. The van der Waals surface area contributed by atoms with E-state index in [1.54, 1.807) is 18.6 Å². The van der Waals surface area contributed by atoms with Crippen LogP contribution in [0.3, 0.4) is 0 Å². The number of aromatic nitrogens is 3. The Morgan fingerprint density at radius 2 is 0.474 bits per heavy atom. The van der Waals surface area contributed by atoms with Gasteiger partial charge in [0, 0.05) is 50.6 Å². The van der Waals surface area contributed by atoms with Gasteiger partial charge in [0.15, 0.2) is 0 Å². The Morgan fingerprint density at radius 3 is 0.670 bits per heavy atom. The average molecular weight is 1430 g/mol. The first-order chi connectivity index (χ1) is 47.6. The molecule has 2 heterocycles. The van der Waals surface area contributed by atoms with Gasteiger partial charge in [-0.3, -0.25) is 4.98 Å². The van der Waals surface area contributed by atoms with Gasteiger partial charge in [-0.05, 0) is 127 Å². The summed E-state index contributed by atoms with van der Waals surface area (Å²) in [7, 11) is -1.78. The molecule has 0 unspecified atom stereocenters. The molecular weight excluding hydrogens is 1350 g/mol. The number of nitrogens with two attached hydrogens (primary N) is 1. The van der Waals surface area contributed by atoms with Gasteiger partial charge in [0.25, 0.3) is 0 Å². The number of hydrogen-bond donors (Lipinski definition) is 1. The Bertz CT molecular complexity index is 3550. The average Bonchev–Trinajstić information content (AvgIpc) is 1.00. The van der Waals surface area contributed by atoms with Crippen molar-refractivity contribution in [2.24, 2.45) is 0 Å². The summed E-state index contributed by atoms with van der Waals surface area (Å²) in [4.78, 5) is 12.6. The Balaban J connectivity index is 0.000000131. The summed E-state index contributed by atoms with van der Waals surface area (Å²) >= 11 is 0. The van der Waals surface area contributed by atoms with Crippen LogP contribution in [0.15, 0.2) is 395 Å². The molecule has 2 N–H and O–H groups in total. The number of nitrogens with zero attached hydrogens (tertiary/aromatic N) is 3. The first-order valence-corrected chi connectivity index (χ1v) is 38.0. The van der Waals surface area contributed by atoms with Crippen molar-refractivity contribution in [3.8, 4) is 17.1 Å². The van der Waals surface area contributed by atoms with Crippen molar-refractivity contribution in [2.75, 3.05) is 5.73 Å². The minimum atomic E-state index is -0.446. The molecule has 0 spiro atoms. The maximum atomic E-state index is 5.90. The quantitative estimate of drug-likeness (QED) is 0.0818. The first kappa shape index (κ1) is 70.6. The first-order valence-electron chi connectivity index (χ1n) is 32.6. The maximum Gasteiger partial charge on any atom is 0.213 e. The van der Waals surface area contributed by atoms with Crippen LogP contribution in [0.4, 0.5) is 5.82 Å². The molecule has 5 nitrogen and oxygen atoms in total. The zero-order valence-corrected chi connectivity index (χ0v) is 59.2. The van der Waals surface area contributed by atoms with E-state index in [0.717, 1.165) is 18.4 Å². The molecule has 14 aromatic rings. The molecule has 10 heteroatoms. The molecule has 0 bridgehead atoms. The monoisotopic (exact) mass is 1420 g/mol. The number of anilines is 1. The van der Waals surface area contributed by atoms with Gasteiger partial charge in [-0.2, -0.15) is 0 Å². The summed E-state index contributed by atoms with van der Waals surface area (Å²) in [5.74, 6) is 1.08. The molecule has 1 aliphatic carbocycles. The van der Waals surface area contributed by atoms with Crippen LogP contribution in [0.5, 0.6) is 5.88 Å². The summed E-state index contributed by atoms with van der Waals surface area (Å²) in [6.45, 7) is 0. The molecule has 1 saturated carbocycles. The fraction of sp³-hybridized carbons (Fsp3) is 0.0690. The summed E-state index contributed by atoms with van der Waals surface area (Å²) < 4.78 is 5.90. The Morgan fingerprint density at radius 1 is 0.258 bits per heavy atom. The topological polar surface area (TPSA) is 73.9 Å². The summed E-state index contributed by atoms with van der Waals surface area (Å²) in [5, 5.41) is 16.8. The number of pyridine rings is 1. The molecule has 97 heavy (non-hydrogen) atoms. The Hall–Kier alpha value is -9.15. The second-order valence-electron chi connectivity index (χ2n) is 22.4. The summed E-state index contributed by atoms with van der Waals surface area (Å²) in [5.41, 5.74) is 7.32. The zero-order valence-electron chi connectivity index (χ0n) is 54.1. The van der Waals surface area contributed by atoms with Crippen molar-refractivity contribution in [3.63, 3.8) is 0 Å². The maximum absolute atomic E-state index is 5.90. The normalized spacial score (nSPS) is 11.6. The standard InChI is InChI=1S/4C18H15P.C15H18N4O.Pd/c4*1-4-10-16(11-5-1)19(17-12-6-2-7-13-17)18-14-8-3-9-15-18;16-15-14(17-8-9-18-15)11-6-7-13(19-10-11)20-12-4-2-1-3-5-12;/h4*1-15H;6-10,12H,1-5H2,(H2,16,18);. The van der Waals surface area contributed by atoms with Crippen LogP contribution < -0.4 is 74.1 Å². The molecule has 2 aromatic heterocycles. The van der Waals surface area contributed by atoms with Crippen molar-refractivity contribution < 1.29 is 25.2 Å². The molecule has 15 rings (SSSR count). The van der Waals surface area contributed by atoms with Crippen molar-refractivity contribution >= 4 is 101 Å². The summed E-state index contributed by atoms with van der Waals surface area (Å²) in [6.07, 6.45) is 11.3. The number of benzene rings is 12. The molecule has 0 radical (unpaired) electrons. The molecule has 0 atom stereocenters. The van der Waals surface area contributed by atoms with Gasteiger partial charge < -0.3 is 10.5 Å². The van der Waals surface area contributed by atoms with E-state index in [9.17, 15) is 0 Å². The van der Waals surface area contributed by atoms with Crippen LogP contribution in [0.2, 0.25) is 0 Å². The molecule has 12 aromatic carbocycles. The van der Waals surface area contributed by atoms with Gasteiger partial charge in [-0.1, -0.05) is 370 Å². The number of nitrogen functional groups attached to an aromatic ring is 1. The smallest absolute Gasteiger partial charge is 0.213 e. The SMILES string of the molecule is Nc1nccnc1-c1ccc(OC2CCCCC2)nc1.[Pd].c1ccc(P(c2ccccc2)c2ccccc2)cc1.c1ccc(P(c2ccccc2)c2ccccc2)cc1.c1ccc(P(c2ccccc2)c2ccccc2)cc1.c1ccc(P(c2ccccc2)c2ccccc2)cc1. The predicted octanol–water partition coefficient (Wildman–Crippen LogP) is 16.6. The second kappa shape index (κ2) is 39.2. The third-order valence-corrected chi connectivity index (χ3v) is 25.5. The van der Waals surface area contributed by atoms with Crippen LogP contribution in [-0.2, 0) is 20.4 Å². The molecule has 0 aliphatic heterocycles. The van der Waals surface area contributed by atoms with Gasteiger partial charge in [0.2, 0.25) is 5.88 Å². The number of ether oxygens (including phenoxy) is 1. The fourth-order valence-corrected chi connectivity index (χ4v) is 20.4. The summed E-state index contributed by atoms with van der Waals surface area (Å²) in [6, 6.07) is 133. The van der Waals surface area contributed by atoms with E-state index in [2.05, 4.69) is 379 Å². The van der Waals surface area contributed by atoms with Gasteiger partial charge in [-0.25, -0.2) is 9.97 Å². The molecule has 1 aliphatic rings. The molecule has 482 valence electrons.